The minimum Gasteiger partial charge on any atom is -0.462 e. The summed E-state index contributed by atoms with van der Waals surface area (Å²) in [6.45, 7) is 20.0. The lowest BCUT2D eigenvalue weighted by atomic mass is 9.38. The Hall–Kier alpha value is -3.08. The summed E-state index contributed by atoms with van der Waals surface area (Å²) in [5.41, 5.74) is -5.27. The van der Waals surface area contributed by atoms with E-state index >= 15 is 0 Å². The molecule has 4 aliphatic carbocycles. The van der Waals surface area contributed by atoms with Gasteiger partial charge in [-0.05, 0) is 69.1 Å². The third-order valence-corrected chi connectivity index (χ3v) is 13.0. The fourth-order valence-electron chi connectivity index (χ4n) is 10.8. The van der Waals surface area contributed by atoms with Crippen LogP contribution in [0, 0.1) is 39.4 Å². The second-order valence-electron chi connectivity index (χ2n) is 17.1. The maximum Gasteiger partial charge on any atom is 0.303 e. The van der Waals surface area contributed by atoms with Crippen LogP contribution in [0.15, 0.2) is 11.6 Å². The van der Waals surface area contributed by atoms with Crippen LogP contribution in [0.3, 0.4) is 0 Å². The van der Waals surface area contributed by atoms with Gasteiger partial charge in [-0.25, -0.2) is 0 Å². The number of hydrogen-bond donors (Lipinski definition) is 1. The molecule has 0 amide bonds. The molecule has 1 N–H and O–H groups in total. The highest BCUT2D eigenvalue weighted by Crippen LogP contribution is 2.74. The van der Waals surface area contributed by atoms with Crippen LogP contribution < -0.4 is 0 Å². The van der Waals surface area contributed by atoms with Crippen LogP contribution in [0.5, 0.6) is 0 Å². The van der Waals surface area contributed by atoms with E-state index in [1.807, 2.05) is 27.7 Å². The molecule has 0 aromatic carbocycles. The molecule has 1 unspecified atom stereocenters. The molecule has 49 heavy (non-hydrogen) atoms. The molecule has 11 nitrogen and oxygen atoms in total. The predicted octanol–water partition coefficient (Wildman–Crippen LogP) is 5.23. The molecule has 0 saturated heterocycles. The topological polar surface area (TPSA) is 160 Å². The number of carbonyl (C=O) groups is 6. The van der Waals surface area contributed by atoms with Crippen LogP contribution in [-0.2, 0) is 47.7 Å². The van der Waals surface area contributed by atoms with Crippen molar-refractivity contribution in [3.05, 3.63) is 11.6 Å². The maximum atomic E-state index is 14.9. The van der Waals surface area contributed by atoms with Gasteiger partial charge in [0.25, 0.3) is 0 Å². The second-order valence-corrected chi connectivity index (χ2v) is 17.1. The van der Waals surface area contributed by atoms with Gasteiger partial charge in [-0.1, -0.05) is 46.3 Å². The van der Waals surface area contributed by atoms with E-state index < -0.39 is 86.8 Å². The van der Waals surface area contributed by atoms with E-state index in [1.54, 1.807) is 13.8 Å². The zero-order chi connectivity index (χ0) is 37.3. The SMILES string of the molecule is CC(=O)O[C@H]1C[C@@H]2C(=CC[C@@H]3[C@@]2(C)C(=O)C[C@]2(C)C([C@@](C)(O)C(=O)CCC(C)(C)OC(C)=O)[C@H](OC(C)=O)C[C@@]32C)C(C)(C)[C@@H]1OC(C)=O. The Morgan fingerprint density at radius 3 is 1.92 bits per heavy atom. The third-order valence-electron chi connectivity index (χ3n) is 13.0. The van der Waals surface area contributed by atoms with E-state index in [-0.39, 0.29) is 43.3 Å². The number of esters is 4. The van der Waals surface area contributed by atoms with Crippen LogP contribution in [0.4, 0.5) is 0 Å². The van der Waals surface area contributed by atoms with Crippen molar-refractivity contribution in [2.75, 3.05) is 0 Å². The molecule has 0 bridgehead atoms. The first-order chi connectivity index (χ1) is 22.3. The van der Waals surface area contributed by atoms with Crippen molar-refractivity contribution in [2.24, 2.45) is 39.4 Å². The lowest BCUT2D eigenvalue weighted by Gasteiger charge is -2.65. The third kappa shape index (κ3) is 6.38. The molecule has 0 aliphatic heterocycles. The van der Waals surface area contributed by atoms with Crippen molar-refractivity contribution in [2.45, 2.75) is 151 Å². The summed E-state index contributed by atoms with van der Waals surface area (Å²) in [5, 5.41) is 12.2. The van der Waals surface area contributed by atoms with Gasteiger partial charge in [0.15, 0.2) is 5.78 Å². The van der Waals surface area contributed by atoms with Gasteiger partial charge in [0.05, 0.1) is 0 Å². The lowest BCUT2D eigenvalue weighted by molar-refractivity contribution is -0.197. The predicted molar refractivity (Wildman–Crippen MR) is 178 cm³/mol. The van der Waals surface area contributed by atoms with E-state index in [2.05, 4.69) is 13.0 Å². The summed E-state index contributed by atoms with van der Waals surface area (Å²) in [5.74, 6) is -4.07. The molecule has 11 heteroatoms. The minimum atomic E-state index is -1.98. The first kappa shape index (κ1) is 38.7. The summed E-state index contributed by atoms with van der Waals surface area (Å²) in [4.78, 5) is 77.5. The number of fused-ring (bicyclic) bond motifs is 5. The van der Waals surface area contributed by atoms with Crippen LogP contribution in [-0.4, -0.2) is 70.1 Å². The summed E-state index contributed by atoms with van der Waals surface area (Å²) >= 11 is 0. The van der Waals surface area contributed by atoms with Gasteiger partial charge in [0, 0.05) is 57.3 Å². The first-order valence-electron chi connectivity index (χ1n) is 17.5. The van der Waals surface area contributed by atoms with E-state index in [0.29, 0.717) is 12.8 Å². The molecule has 4 rings (SSSR count). The number of carbonyl (C=O) groups excluding carboxylic acids is 6. The number of hydrogen-bond acceptors (Lipinski definition) is 11. The Bertz CT molecular complexity index is 1450. The Morgan fingerprint density at radius 1 is 0.837 bits per heavy atom. The Labute approximate surface area is 290 Å². The first-order valence-corrected chi connectivity index (χ1v) is 17.5. The fraction of sp³-hybridized carbons (Fsp3) is 0.789. The number of ether oxygens (including phenoxy) is 4. The molecule has 4 aliphatic rings. The molecule has 0 aromatic heterocycles. The van der Waals surface area contributed by atoms with Gasteiger partial charge in [0.2, 0.25) is 0 Å². The summed E-state index contributed by atoms with van der Waals surface area (Å²) in [6.07, 6.45) is 0.976. The number of aliphatic hydroxyl groups is 1. The Kier molecular flexibility index (Phi) is 9.96. The van der Waals surface area contributed by atoms with Crippen molar-refractivity contribution >= 4 is 35.4 Å². The van der Waals surface area contributed by atoms with Gasteiger partial charge >= 0.3 is 23.9 Å². The average molecular weight is 689 g/mol. The van der Waals surface area contributed by atoms with Crippen molar-refractivity contribution in [1.29, 1.82) is 0 Å². The average Bonchev–Trinajstić information content (AvgIpc) is 3.14. The maximum absolute atomic E-state index is 14.9. The zero-order valence-electron chi connectivity index (χ0n) is 31.3. The fourth-order valence-corrected chi connectivity index (χ4v) is 10.8. The summed E-state index contributed by atoms with van der Waals surface area (Å²) in [7, 11) is 0. The van der Waals surface area contributed by atoms with Crippen LogP contribution in [0.1, 0.15) is 122 Å². The Balaban J connectivity index is 1.80. The van der Waals surface area contributed by atoms with Gasteiger partial charge in [-0.3, -0.25) is 28.8 Å². The van der Waals surface area contributed by atoms with E-state index in [9.17, 15) is 33.9 Å². The second kappa shape index (κ2) is 12.6. The van der Waals surface area contributed by atoms with Crippen molar-refractivity contribution in [3.63, 3.8) is 0 Å². The molecule has 0 aromatic rings. The number of allylic oxidation sites excluding steroid dienone is 1. The summed E-state index contributed by atoms with van der Waals surface area (Å²) < 4.78 is 22.9. The minimum absolute atomic E-state index is 0.0249. The molecular formula is C38H56O11. The molecular weight excluding hydrogens is 632 g/mol. The van der Waals surface area contributed by atoms with Gasteiger partial charge in [-0.2, -0.15) is 0 Å². The van der Waals surface area contributed by atoms with E-state index in [0.717, 1.165) is 5.57 Å². The molecule has 274 valence electrons. The monoisotopic (exact) mass is 688 g/mol. The molecule has 3 saturated carbocycles. The molecule has 3 fully saturated rings. The van der Waals surface area contributed by atoms with Gasteiger partial charge in [-0.15, -0.1) is 0 Å². The lowest BCUT2D eigenvalue weighted by Crippen LogP contribution is -2.66. The van der Waals surface area contributed by atoms with Crippen molar-refractivity contribution in [3.8, 4) is 0 Å². The quantitative estimate of drug-likeness (QED) is 0.192. The largest absolute Gasteiger partial charge is 0.462 e. The highest BCUT2D eigenvalue weighted by atomic mass is 16.6. The van der Waals surface area contributed by atoms with Crippen molar-refractivity contribution < 1.29 is 52.8 Å². The molecule has 0 spiro atoms. The molecule has 10 atom stereocenters. The standard InChI is InChI=1S/C38H56O11/c1-20(39)46-26-17-25-24(34(7,8)32(26)48-22(3)41)13-14-28-35(9)18-27(47-21(2)40)31(36(35,10)19-30(44)37(25,28)11)38(12,45)29(43)15-16-33(5,6)49-23(4)42/h13,25-28,31-32,45H,14-19H2,1-12H3/t25-,26+,27-,28+,31?,32-,35+,36-,37+,38+/m1/s1. The van der Waals surface area contributed by atoms with Gasteiger partial charge < -0.3 is 24.1 Å². The van der Waals surface area contributed by atoms with Gasteiger partial charge in [0.1, 0.15) is 35.3 Å². The molecule has 0 heterocycles. The van der Waals surface area contributed by atoms with E-state index in [1.165, 1.54) is 34.6 Å². The Morgan fingerprint density at radius 2 is 1.39 bits per heavy atom. The van der Waals surface area contributed by atoms with E-state index in [4.69, 9.17) is 18.9 Å². The zero-order valence-corrected chi connectivity index (χ0v) is 31.3. The molecule has 0 radical (unpaired) electrons. The van der Waals surface area contributed by atoms with Crippen LogP contribution in [0.2, 0.25) is 0 Å². The number of Topliss-reactive ketones (excluding diaryl/α,β-unsaturated/α-hetero) is 2. The number of rotatable bonds is 9. The smallest absolute Gasteiger partial charge is 0.303 e. The van der Waals surface area contributed by atoms with Crippen LogP contribution in [0.25, 0.3) is 0 Å². The van der Waals surface area contributed by atoms with Crippen LogP contribution >= 0.6 is 0 Å². The summed E-state index contributed by atoms with van der Waals surface area (Å²) in [6, 6.07) is 0. The normalized spacial score (nSPS) is 37.7. The highest BCUT2D eigenvalue weighted by molar-refractivity contribution is 5.90. The van der Waals surface area contributed by atoms with Crippen molar-refractivity contribution in [1.82, 2.24) is 0 Å². The highest BCUT2D eigenvalue weighted by Gasteiger charge is 2.75. The number of ketones is 2.